The van der Waals surface area contributed by atoms with E-state index < -0.39 is 6.10 Å². The molecule has 0 bridgehead atoms. The quantitative estimate of drug-likeness (QED) is 0.787. The standard InChI is InChI=1S/C23H31ClN2O2/c1-16-5-6-20(24)13-23(16)26-9-7-25(8-10-26)14-21(27)15-28-22-11-17(2)19(4)18(3)12-22/h5-6,11-13,21,27H,7-10,14-15H2,1-4H3. The van der Waals surface area contributed by atoms with E-state index >= 15 is 0 Å². The SMILES string of the molecule is Cc1ccc(Cl)cc1N1CCN(CC(O)COc2cc(C)c(C)c(C)c2)CC1. The van der Waals surface area contributed by atoms with Crippen molar-refractivity contribution < 1.29 is 9.84 Å². The number of β-amino-alcohol motifs (C(OH)–C–C–N with tert-alkyl or cyclic N) is 1. The molecule has 28 heavy (non-hydrogen) atoms. The number of aryl methyl sites for hydroxylation is 3. The van der Waals surface area contributed by atoms with Crippen LogP contribution < -0.4 is 9.64 Å². The zero-order valence-electron chi connectivity index (χ0n) is 17.3. The largest absolute Gasteiger partial charge is 0.491 e. The monoisotopic (exact) mass is 402 g/mol. The van der Waals surface area contributed by atoms with Gasteiger partial charge in [0.05, 0.1) is 0 Å². The summed E-state index contributed by atoms with van der Waals surface area (Å²) >= 11 is 6.16. The van der Waals surface area contributed by atoms with E-state index in [1.807, 2.05) is 24.3 Å². The summed E-state index contributed by atoms with van der Waals surface area (Å²) in [4.78, 5) is 4.68. The van der Waals surface area contributed by atoms with E-state index in [9.17, 15) is 5.11 Å². The second-order valence-corrected chi connectivity index (χ2v) is 8.30. The van der Waals surface area contributed by atoms with Crippen molar-refractivity contribution in [1.82, 2.24) is 4.90 Å². The number of benzene rings is 2. The van der Waals surface area contributed by atoms with Gasteiger partial charge in [-0.25, -0.2) is 0 Å². The van der Waals surface area contributed by atoms with E-state index in [-0.39, 0.29) is 0 Å². The highest BCUT2D eigenvalue weighted by molar-refractivity contribution is 6.30. The second kappa shape index (κ2) is 9.17. The van der Waals surface area contributed by atoms with Gasteiger partial charge >= 0.3 is 0 Å². The van der Waals surface area contributed by atoms with Crippen LogP contribution >= 0.6 is 11.6 Å². The first-order valence-corrected chi connectivity index (χ1v) is 10.3. The fourth-order valence-electron chi connectivity index (χ4n) is 3.72. The fourth-order valence-corrected chi connectivity index (χ4v) is 3.88. The Kier molecular flexibility index (Phi) is 6.86. The molecule has 0 amide bonds. The summed E-state index contributed by atoms with van der Waals surface area (Å²) < 4.78 is 5.84. The van der Waals surface area contributed by atoms with Crippen LogP contribution in [0.15, 0.2) is 30.3 Å². The lowest BCUT2D eigenvalue weighted by Gasteiger charge is -2.37. The number of anilines is 1. The van der Waals surface area contributed by atoms with E-state index in [0.29, 0.717) is 13.2 Å². The van der Waals surface area contributed by atoms with Crippen LogP contribution in [-0.4, -0.2) is 55.4 Å². The minimum Gasteiger partial charge on any atom is -0.491 e. The molecule has 1 fully saturated rings. The average molecular weight is 403 g/mol. The predicted molar refractivity (Wildman–Crippen MR) is 117 cm³/mol. The van der Waals surface area contributed by atoms with Crippen LogP contribution in [0.1, 0.15) is 22.3 Å². The second-order valence-electron chi connectivity index (χ2n) is 7.87. The van der Waals surface area contributed by atoms with Gasteiger partial charge in [-0.05, 0) is 74.2 Å². The van der Waals surface area contributed by atoms with E-state index in [1.54, 1.807) is 0 Å². The number of hydrogen-bond donors (Lipinski definition) is 1. The third-order valence-corrected chi connectivity index (χ3v) is 5.93. The number of ether oxygens (including phenoxy) is 1. The van der Waals surface area contributed by atoms with Crippen LogP contribution in [0.2, 0.25) is 5.02 Å². The zero-order valence-corrected chi connectivity index (χ0v) is 18.1. The third-order valence-electron chi connectivity index (χ3n) is 5.70. The van der Waals surface area contributed by atoms with Crippen molar-refractivity contribution in [2.45, 2.75) is 33.8 Å². The number of aliphatic hydroxyl groups excluding tert-OH is 1. The molecule has 2 aromatic carbocycles. The van der Waals surface area contributed by atoms with E-state index in [1.165, 1.54) is 27.9 Å². The Morgan fingerprint density at radius 1 is 0.964 bits per heavy atom. The van der Waals surface area contributed by atoms with Crippen molar-refractivity contribution in [3.05, 3.63) is 57.6 Å². The molecule has 2 aromatic rings. The van der Waals surface area contributed by atoms with Crippen LogP contribution in [-0.2, 0) is 0 Å². The van der Waals surface area contributed by atoms with Crippen LogP contribution in [0.5, 0.6) is 5.75 Å². The lowest BCUT2D eigenvalue weighted by Crippen LogP contribution is -2.49. The number of nitrogens with zero attached hydrogens (tertiary/aromatic N) is 2. The number of piperazine rings is 1. The molecule has 0 radical (unpaired) electrons. The molecule has 0 aromatic heterocycles. The van der Waals surface area contributed by atoms with Gasteiger partial charge in [-0.3, -0.25) is 4.90 Å². The highest BCUT2D eigenvalue weighted by atomic mass is 35.5. The van der Waals surface area contributed by atoms with Crippen LogP contribution in [0, 0.1) is 27.7 Å². The number of rotatable bonds is 6. The molecule has 1 saturated heterocycles. The fraction of sp³-hybridized carbons (Fsp3) is 0.478. The lowest BCUT2D eigenvalue weighted by molar-refractivity contribution is 0.0662. The van der Waals surface area contributed by atoms with Crippen molar-refractivity contribution in [2.24, 2.45) is 0 Å². The minimum atomic E-state index is -0.499. The number of halogens is 1. The molecule has 1 atom stereocenters. The minimum absolute atomic E-state index is 0.315. The maximum Gasteiger partial charge on any atom is 0.119 e. The Bertz CT molecular complexity index is 793. The van der Waals surface area contributed by atoms with Crippen LogP contribution in [0.25, 0.3) is 0 Å². The Balaban J connectivity index is 1.47. The Morgan fingerprint density at radius 2 is 1.61 bits per heavy atom. The van der Waals surface area contributed by atoms with Gasteiger partial charge in [0, 0.05) is 43.4 Å². The number of hydrogen-bond acceptors (Lipinski definition) is 4. The maximum atomic E-state index is 10.4. The first-order chi connectivity index (χ1) is 13.3. The molecular weight excluding hydrogens is 372 g/mol. The molecule has 3 rings (SSSR count). The van der Waals surface area contributed by atoms with Gasteiger partial charge < -0.3 is 14.7 Å². The van der Waals surface area contributed by atoms with Gasteiger partial charge in [0.2, 0.25) is 0 Å². The lowest BCUT2D eigenvalue weighted by atomic mass is 10.0. The van der Waals surface area contributed by atoms with Gasteiger partial charge in [0.15, 0.2) is 0 Å². The van der Waals surface area contributed by atoms with Gasteiger partial charge in [-0.15, -0.1) is 0 Å². The molecule has 1 aliphatic rings. The van der Waals surface area contributed by atoms with E-state index in [2.05, 4.69) is 43.6 Å². The molecule has 5 heteroatoms. The molecule has 0 saturated carbocycles. The first kappa shape index (κ1) is 21.0. The number of aliphatic hydroxyl groups is 1. The molecule has 152 valence electrons. The normalized spacial score (nSPS) is 16.3. The summed E-state index contributed by atoms with van der Waals surface area (Å²) in [6.07, 6.45) is -0.499. The summed E-state index contributed by atoms with van der Waals surface area (Å²) in [5, 5.41) is 11.2. The Hall–Kier alpha value is -1.75. The molecule has 0 aliphatic carbocycles. The third kappa shape index (κ3) is 5.19. The molecule has 1 unspecified atom stereocenters. The van der Waals surface area contributed by atoms with Crippen molar-refractivity contribution in [3.63, 3.8) is 0 Å². The zero-order chi connectivity index (χ0) is 20.3. The summed E-state index contributed by atoms with van der Waals surface area (Å²) in [5.41, 5.74) is 6.19. The van der Waals surface area contributed by atoms with Crippen molar-refractivity contribution in [2.75, 3.05) is 44.2 Å². The molecule has 1 heterocycles. The van der Waals surface area contributed by atoms with Crippen molar-refractivity contribution in [3.8, 4) is 5.75 Å². The van der Waals surface area contributed by atoms with Gasteiger partial charge in [-0.2, -0.15) is 0 Å². The Labute approximate surface area is 173 Å². The smallest absolute Gasteiger partial charge is 0.119 e. The molecular formula is C23H31ClN2O2. The summed E-state index contributed by atoms with van der Waals surface area (Å²) in [7, 11) is 0. The molecule has 1 N–H and O–H groups in total. The van der Waals surface area contributed by atoms with Crippen molar-refractivity contribution >= 4 is 17.3 Å². The van der Waals surface area contributed by atoms with Crippen LogP contribution in [0.4, 0.5) is 5.69 Å². The highest BCUT2D eigenvalue weighted by Crippen LogP contribution is 2.25. The van der Waals surface area contributed by atoms with Gasteiger partial charge in [0.1, 0.15) is 18.5 Å². The first-order valence-electron chi connectivity index (χ1n) is 9.95. The summed E-state index contributed by atoms with van der Waals surface area (Å²) in [5.74, 6) is 0.834. The van der Waals surface area contributed by atoms with Gasteiger partial charge in [-0.1, -0.05) is 17.7 Å². The molecule has 4 nitrogen and oxygen atoms in total. The topological polar surface area (TPSA) is 35.9 Å². The summed E-state index contributed by atoms with van der Waals surface area (Å²) in [6.45, 7) is 13.1. The highest BCUT2D eigenvalue weighted by Gasteiger charge is 2.21. The average Bonchev–Trinajstić information content (AvgIpc) is 2.67. The predicted octanol–water partition coefficient (Wildman–Crippen LogP) is 4.14. The maximum absolute atomic E-state index is 10.4. The van der Waals surface area contributed by atoms with E-state index in [0.717, 1.165) is 37.0 Å². The summed E-state index contributed by atoms with van der Waals surface area (Å²) in [6, 6.07) is 10.1. The van der Waals surface area contributed by atoms with E-state index in [4.69, 9.17) is 16.3 Å². The van der Waals surface area contributed by atoms with Crippen molar-refractivity contribution in [1.29, 1.82) is 0 Å². The van der Waals surface area contributed by atoms with Crippen LogP contribution in [0.3, 0.4) is 0 Å². The molecule has 1 aliphatic heterocycles. The Morgan fingerprint density at radius 3 is 2.25 bits per heavy atom. The molecule has 0 spiro atoms. The van der Waals surface area contributed by atoms with Gasteiger partial charge in [0.25, 0.3) is 0 Å².